The summed E-state index contributed by atoms with van der Waals surface area (Å²) < 4.78 is 106. The Balaban J connectivity index is 2.42. The molecule has 0 bridgehead atoms. The van der Waals surface area contributed by atoms with Crippen LogP contribution in [0.2, 0.25) is 0 Å². The molecule has 0 aromatic carbocycles. The largest absolute Gasteiger partial charge is 0.290 e. The zero-order valence-electron chi connectivity index (χ0n) is 12.9. The fourth-order valence-corrected chi connectivity index (χ4v) is 3.81. The molecule has 0 atom stereocenters. The van der Waals surface area contributed by atoms with Gasteiger partial charge in [0.1, 0.15) is 10.1 Å². The highest BCUT2D eigenvalue weighted by Gasteiger charge is 2.23. The maximum atomic E-state index is 14.1. The van der Waals surface area contributed by atoms with Crippen LogP contribution in [0, 0.1) is 0 Å². The lowest BCUT2D eigenvalue weighted by Gasteiger charge is -1.99. The summed E-state index contributed by atoms with van der Waals surface area (Å²) in [5.41, 5.74) is 0. The molecule has 28 heavy (non-hydrogen) atoms. The molecule has 150 valence electrons. The van der Waals surface area contributed by atoms with Gasteiger partial charge in [-0.2, -0.15) is 17.6 Å². The van der Waals surface area contributed by atoms with Gasteiger partial charge >= 0.3 is 0 Å². The predicted molar refractivity (Wildman–Crippen MR) is 96.9 cm³/mol. The quantitative estimate of drug-likeness (QED) is 0.294. The van der Waals surface area contributed by atoms with Gasteiger partial charge in [0.15, 0.2) is 23.3 Å². The van der Waals surface area contributed by atoms with Gasteiger partial charge in [0, 0.05) is 0 Å². The van der Waals surface area contributed by atoms with Gasteiger partial charge in [-0.05, 0) is 24.3 Å². The van der Waals surface area contributed by atoms with Crippen LogP contribution in [0.5, 0.6) is 0 Å². The van der Waals surface area contributed by atoms with Crippen molar-refractivity contribution in [2.75, 3.05) is 0 Å². The normalized spacial score (nSPS) is 13.1. The van der Waals surface area contributed by atoms with Crippen LogP contribution >= 0.6 is 45.9 Å². The summed E-state index contributed by atoms with van der Waals surface area (Å²) in [4.78, 5) is -1.87. The van der Waals surface area contributed by atoms with Gasteiger partial charge in [-0.1, -0.05) is 23.2 Å². The summed E-state index contributed by atoms with van der Waals surface area (Å²) >= 11 is 11.1. The van der Waals surface area contributed by atoms with E-state index in [-0.39, 0.29) is 32.4 Å². The van der Waals surface area contributed by atoms with Crippen LogP contribution in [-0.2, 0) is 0 Å². The molecule has 0 fully saturated rings. The summed E-state index contributed by atoms with van der Waals surface area (Å²) in [5, 5.41) is -1.99. The van der Waals surface area contributed by atoms with Crippen LogP contribution in [-0.4, -0.2) is 0 Å². The van der Waals surface area contributed by atoms with Crippen LogP contribution in [0.25, 0.3) is 21.7 Å². The Labute approximate surface area is 170 Å². The SMILES string of the molecule is FC(F)=C(Cl)c1ccc(/C(F)=C(F)/C(F)=C(\F)c2ccc(C(Cl)=C(F)F)s2)s1. The molecule has 0 aliphatic carbocycles. The molecular weight excluding hydrogens is 479 g/mol. The van der Waals surface area contributed by atoms with E-state index >= 15 is 0 Å². The zero-order valence-corrected chi connectivity index (χ0v) is 16.1. The second-order valence-electron chi connectivity index (χ2n) is 4.73. The number of halogens is 10. The third-order valence-electron chi connectivity index (χ3n) is 2.99. The summed E-state index contributed by atoms with van der Waals surface area (Å²) in [6, 6.07) is 3.59. The second-order valence-corrected chi connectivity index (χ2v) is 7.66. The number of hydrogen-bond donors (Lipinski definition) is 0. The first kappa shape index (κ1) is 22.7. The lowest BCUT2D eigenvalue weighted by Crippen LogP contribution is -1.84. The van der Waals surface area contributed by atoms with Crippen LogP contribution in [0.1, 0.15) is 19.5 Å². The van der Waals surface area contributed by atoms with Gasteiger partial charge in [0.2, 0.25) is 0 Å². The molecule has 12 heteroatoms. The number of allylic oxidation sites excluding steroid dienone is 2. The average Bonchev–Trinajstić information content (AvgIpc) is 3.33. The zero-order chi connectivity index (χ0) is 21.2. The smallest absolute Gasteiger partial charge is 0.202 e. The lowest BCUT2D eigenvalue weighted by atomic mass is 10.3. The molecule has 2 rings (SSSR count). The van der Waals surface area contributed by atoms with E-state index in [4.69, 9.17) is 23.2 Å². The second kappa shape index (κ2) is 9.25. The summed E-state index contributed by atoms with van der Waals surface area (Å²) in [7, 11) is 0. The molecule has 0 nitrogen and oxygen atoms in total. The first-order valence-electron chi connectivity index (χ1n) is 6.78. The molecule has 0 spiro atoms. The molecule has 2 heterocycles. The summed E-state index contributed by atoms with van der Waals surface area (Å²) in [6.07, 6.45) is -4.52. The van der Waals surface area contributed by atoms with E-state index < -0.39 is 55.3 Å². The monoisotopic (exact) mass is 482 g/mol. The molecule has 0 aliphatic heterocycles. The van der Waals surface area contributed by atoms with Crippen molar-refractivity contribution in [2.24, 2.45) is 0 Å². The molecule has 0 amide bonds. The maximum Gasteiger partial charge on any atom is 0.290 e. The fraction of sp³-hybridized carbons (Fsp3) is 0. The molecule has 0 saturated carbocycles. The summed E-state index contributed by atoms with van der Waals surface area (Å²) in [5.74, 6) is -8.17. The minimum atomic E-state index is -2.26. The topological polar surface area (TPSA) is 0 Å². The lowest BCUT2D eigenvalue weighted by molar-refractivity contribution is 0.427. The third-order valence-corrected chi connectivity index (χ3v) is 6.09. The third kappa shape index (κ3) is 4.86. The Morgan fingerprint density at radius 1 is 0.536 bits per heavy atom. The molecule has 0 saturated heterocycles. The van der Waals surface area contributed by atoms with Gasteiger partial charge < -0.3 is 0 Å². The Morgan fingerprint density at radius 3 is 1.11 bits per heavy atom. The molecule has 0 unspecified atom stereocenters. The van der Waals surface area contributed by atoms with Gasteiger partial charge in [0.05, 0.1) is 19.5 Å². The first-order chi connectivity index (χ1) is 13.0. The number of thiophene rings is 2. The van der Waals surface area contributed by atoms with Crippen molar-refractivity contribution < 1.29 is 35.1 Å². The van der Waals surface area contributed by atoms with Crippen molar-refractivity contribution >= 4 is 67.6 Å². The Kier molecular flexibility index (Phi) is 7.49. The van der Waals surface area contributed by atoms with E-state index in [9.17, 15) is 35.1 Å². The van der Waals surface area contributed by atoms with Gasteiger partial charge in [0.25, 0.3) is 12.2 Å². The van der Waals surface area contributed by atoms with Crippen molar-refractivity contribution in [1.82, 2.24) is 0 Å². The molecular formula is C16H4Cl2F8S2. The van der Waals surface area contributed by atoms with Crippen molar-refractivity contribution in [3.05, 3.63) is 67.6 Å². The molecule has 2 aromatic rings. The van der Waals surface area contributed by atoms with Gasteiger partial charge in [-0.15, -0.1) is 22.7 Å². The van der Waals surface area contributed by atoms with E-state index in [1.807, 2.05) is 0 Å². The molecule has 0 N–H and O–H groups in total. The van der Waals surface area contributed by atoms with Gasteiger partial charge in [-0.25, -0.2) is 17.6 Å². The Hall–Kier alpha value is -1.62. The van der Waals surface area contributed by atoms with E-state index in [1.165, 1.54) is 0 Å². The van der Waals surface area contributed by atoms with Crippen LogP contribution in [0.3, 0.4) is 0 Å². The maximum absolute atomic E-state index is 14.1. The van der Waals surface area contributed by atoms with Crippen molar-refractivity contribution in [1.29, 1.82) is 0 Å². The highest BCUT2D eigenvalue weighted by Crippen LogP contribution is 2.40. The number of rotatable bonds is 5. The minimum Gasteiger partial charge on any atom is -0.202 e. The molecule has 2 aromatic heterocycles. The van der Waals surface area contributed by atoms with E-state index in [0.29, 0.717) is 0 Å². The van der Waals surface area contributed by atoms with Crippen molar-refractivity contribution in [3.8, 4) is 0 Å². The van der Waals surface area contributed by atoms with Gasteiger partial charge in [-0.3, -0.25) is 0 Å². The minimum absolute atomic E-state index is 0.283. The van der Waals surface area contributed by atoms with E-state index in [1.54, 1.807) is 0 Å². The number of hydrogen-bond acceptors (Lipinski definition) is 2. The molecule has 0 radical (unpaired) electrons. The van der Waals surface area contributed by atoms with Crippen LogP contribution in [0.15, 0.2) is 48.1 Å². The summed E-state index contributed by atoms with van der Waals surface area (Å²) in [6.45, 7) is 0. The van der Waals surface area contributed by atoms with Crippen molar-refractivity contribution in [2.45, 2.75) is 0 Å². The predicted octanol–water partition coefficient (Wildman–Crippen LogP) is 9.33. The highest BCUT2D eigenvalue weighted by atomic mass is 35.5. The van der Waals surface area contributed by atoms with E-state index in [0.717, 1.165) is 24.3 Å². The first-order valence-corrected chi connectivity index (χ1v) is 9.17. The van der Waals surface area contributed by atoms with Crippen LogP contribution in [0.4, 0.5) is 35.1 Å². The molecule has 0 aliphatic rings. The Morgan fingerprint density at radius 2 is 0.821 bits per heavy atom. The fourth-order valence-electron chi connectivity index (χ4n) is 1.74. The van der Waals surface area contributed by atoms with E-state index in [2.05, 4.69) is 0 Å². The highest BCUT2D eigenvalue weighted by molar-refractivity contribution is 7.15. The van der Waals surface area contributed by atoms with Crippen LogP contribution < -0.4 is 0 Å². The van der Waals surface area contributed by atoms with Crippen molar-refractivity contribution in [3.63, 3.8) is 0 Å². The standard InChI is InChI=1S/C16H4Cl2F8S2/c17-9(15(23)24)5-1-3-7(27-5)11(19)13(21)14(22)12(20)8-4-2-6(28-8)10(18)16(25)26/h1-4H/b13-11+,14-12+. The Bertz CT molecular complexity index is 939. The average molecular weight is 483 g/mol.